The van der Waals surface area contributed by atoms with E-state index in [2.05, 4.69) is 4.74 Å². The summed E-state index contributed by atoms with van der Waals surface area (Å²) in [4.78, 5) is 21.5. The number of benzene rings is 2. The summed E-state index contributed by atoms with van der Waals surface area (Å²) >= 11 is 0.473. The minimum atomic E-state index is -4.22. The highest BCUT2D eigenvalue weighted by Gasteiger charge is 2.33. The molecule has 0 saturated carbocycles. The molecule has 2 aromatic carbocycles. The molecule has 1 aromatic heterocycles. The van der Waals surface area contributed by atoms with E-state index in [1.54, 1.807) is 6.07 Å². The Morgan fingerprint density at radius 1 is 1.11 bits per heavy atom. The molecule has 0 aliphatic rings. The van der Waals surface area contributed by atoms with Gasteiger partial charge in [-0.2, -0.15) is 0 Å². The second-order valence-corrected chi connectivity index (χ2v) is 8.82. The van der Waals surface area contributed by atoms with E-state index in [1.807, 2.05) is 37.3 Å². The molecule has 0 amide bonds. The average molecular weight is 417 g/mol. The van der Waals surface area contributed by atoms with Crippen molar-refractivity contribution in [2.45, 2.75) is 16.7 Å². The number of aryl methyl sites for hydroxylation is 1. The number of hydrogen-bond donors (Lipinski definition) is 0. The lowest BCUT2D eigenvalue weighted by molar-refractivity contribution is -0.383. The molecule has 0 bridgehead atoms. The maximum atomic E-state index is 13.1. The third kappa shape index (κ3) is 3.54. The molecule has 144 valence electrons. The summed E-state index contributed by atoms with van der Waals surface area (Å²) < 4.78 is 30.8. The highest BCUT2D eigenvalue weighted by molar-refractivity contribution is 7.91. The van der Waals surface area contributed by atoms with Gasteiger partial charge in [0.05, 0.1) is 16.9 Å². The van der Waals surface area contributed by atoms with Gasteiger partial charge >= 0.3 is 11.0 Å². The summed E-state index contributed by atoms with van der Waals surface area (Å²) in [6.07, 6.45) is 0. The van der Waals surface area contributed by atoms with Gasteiger partial charge in [-0.05, 0) is 41.8 Å². The third-order valence-corrected chi connectivity index (χ3v) is 7.09. The van der Waals surface area contributed by atoms with Crippen LogP contribution < -0.4 is 0 Å². The van der Waals surface area contributed by atoms with E-state index in [9.17, 15) is 23.3 Å². The molecule has 1 heterocycles. The van der Waals surface area contributed by atoms with Crippen molar-refractivity contribution < 1.29 is 22.9 Å². The van der Waals surface area contributed by atoms with Crippen LogP contribution >= 0.6 is 11.3 Å². The van der Waals surface area contributed by atoms with Crippen molar-refractivity contribution >= 4 is 32.1 Å². The third-order valence-electron chi connectivity index (χ3n) is 4.13. The molecule has 0 atom stereocenters. The predicted octanol–water partition coefficient (Wildman–Crippen LogP) is 4.25. The summed E-state index contributed by atoms with van der Waals surface area (Å²) in [6, 6.07) is 14.7. The van der Waals surface area contributed by atoms with Crippen molar-refractivity contribution in [1.29, 1.82) is 0 Å². The molecule has 7 nitrogen and oxygen atoms in total. The first-order chi connectivity index (χ1) is 13.3. The summed E-state index contributed by atoms with van der Waals surface area (Å²) in [7, 11) is -3.10. The standard InChI is InChI=1S/C19H15NO6S2/c1-12-8-9-14(10-15(12)13-6-4-3-5-7-13)28(24,25)17-11-16(19(21)26-2)27-18(17)20(22)23/h3-11H,1-2H3. The number of methoxy groups -OCH3 is 1. The fourth-order valence-electron chi connectivity index (χ4n) is 2.71. The topological polar surface area (TPSA) is 104 Å². The molecule has 0 saturated heterocycles. The second-order valence-electron chi connectivity index (χ2n) is 5.87. The largest absolute Gasteiger partial charge is 0.465 e. The number of hydrogen-bond acceptors (Lipinski definition) is 7. The van der Waals surface area contributed by atoms with E-state index < -0.39 is 30.6 Å². The van der Waals surface area contributed by atoms with Crippen LogP contribution in [0.25, 0.3) is 11.1 Å². The number of ether oxygens (including phenoxy) is 1. The molecule has 0 N–H and O–H groups in total. The van der Waals surface area contributed by atoms with Crippen molar-refractivity contribution in [3.8, 4) is 11.1 Å². The van der Waals surface area contributed by atoms with Crippen LogP contribution in [-0.4, -0.2) is 26.4 Å². The Morgan fingerprint density at radius 2 is 1.79 bits per heavy atom. The van der Waals surface area contributed by atoms with Gasteiger partial charge in [0.1, 0.15) is 4.88 Å². The molecule has 0 unspecified atom stereocenters. The van der Waals surface area contributed by atoms with E-state index in [-0.39, 0.29) is 9.77 Å². The van der Waals surface area contributed by atoms with Crippen molar-refractivity contribution in [1.82, 2.24) is 0 Å². The van der Waals surface area contributed by atoms with Crippen LogP contribution in [-0.2, 0) is 14.6 Å². The van der Waals surface area contributed by atoms with Crippen LogP contribution in [0.4, 0.5) is 5.00 Å². The van der Waals surface area contributed by atoms with Gasteiger partial charge in [-0.15, -0.1) is 0 Å². The molecule has 3 aromatic rings. The van der Waals surface area contributed by atoms with Gasteiger partial charge in [-0.25, -0.2) is 13.2 Å². The van der Waals surface area contributed by atoms with Crippen LogP contribution in [0.2, 0.25) is 0 Å². The summed E-state index contributed by atoms with van der Waals surface area (Å²) in [5.74, 6) is -0.830. The van der Waals surface area contributed by atoms with Gasteiger partial charge in [0.25, 0.3) is 0 Å². The first-order valence-electron chi connectivity index (χ1n) is 8.03. The normalized spacial score (nSPS) is 11.2. The van der Waals surface area contributed by atoms with Crippen molar-refractivity contribution in [2.24, 2.45) is 0 Å². The summed E-state index contributed by atoms with van der Waals surface area (Å²) in [5.41, 5.74) is 2.39. The number of thiophene rings is 1. The molecular formula is C19H15NO6S2. The van der Waals surface area contributed by atoms with Crippen molar-refractivity contribution in [2.75, 3.05) is 7.11 Å². The van der Waals surface area contributed by atoms with E-state index >= 15 is 0 Å². The Bertz CT molecular complexity index is 1170. The van der Waals surface area contributed by atoms with Gasteiger partial charge in [-0.3, -0.25) is 10.1 Å². The second kappa shape index (κ2) is 7.53. The molecule has 0 radical (unpaired) electrons. The maximum absolute atomic E-state index is 13.1. The highest BCUT2D eigenvalue weighted by Crippen LogP contribution is 2.38. The first kappa shape index (κ1) is 19.7. The molecule has 0 aliphatic heterocycles. The van der Waals surface area contributed by atoms with Gasteiger partial charge in [-0.1, -0.05) is 47.7 Å². The fourth-order valence-corrected chi connectivity index (χ4v) is 5.38. The van der Waals surface area contributed by atoms with E-state index in [4.69, 9.17) is 0 Å². The Balaban J connectivity index is 2.18. The highest BCUT2D eigenvalue weighted by atomic mass is 32.2. The zero-order chi connectivity index (χ0) is 20.5. The number of carbonyl (C=O) groups is 1. The quantitative estimate of drug-likeness (QED) is 0.349. The zero-order valence-corrected chi connectivity index (χ0v) is 16.5. The van der Waals surface area contributed by atoms with Crippen LogP contribution in [0.15, 0.2) is 64.4 Å². The smallest absolute Gasteiger partial charge is 0.348 e. The lowest BCUT2D eigenvalue weighted by Crippen LogP contribution is -2.04. The maximum Gasteiger partial charge on any atom is 0.348 e. The Labute approximate surface area is 165 Å². The van der Waals surface area contributed by atoms with Crippen LogP contribution in [0.3, 0.4) is 0 Å². The van der Waals surface area contributed by atoms with Crippen molar-refractivity contribution in [3.63, 3.8) is 0 Å². The van der Waals surface area contributed by atoms with E-state index in [1.165, 1.54) is 12.1 Å². The van der Waals surface area contributed by atoms with Crippen molar-refractivity contribution in [3.05, 3.63) is 75.2 Å². The molecule has 28 heavy (non-hydrogen) atoms. The molecule has 0 fully saturated rings. The molecule has 9 heteroatoms. The minimum absolute atomic E-state index is 0.0886. The number of nitro groups is 1. The number of esters is 1. The van der Waals surface area contributed by atoms with Gasteiger partial charge in [0.15, 0.2) is 4.90 Å². The Morgan fingerprint density at radius 3 is 2.39 bits per heavy atom. The van der Waals surface area contributed by atoms with Gasteiger partial charge in [0, 0.05) is 0 Å². The Hall–Kier alpha value is -3.04. The predicted molar refractivity (Wildman–Crippen MR) is 104 cm³/mol. The number of sulfone groups is 1. The minimum Gasteiger partial charge on any atom is -0.465 e. The molecule has 3 rings (SSSR count). The van der Waals surface area contributed by atoms with Crippen LogP contribution in [0.5, 0.6) is 0 Å². The van der Waals surface area contributed by atoms with E-state index in [0.717, 1.165) is 24.3 Å². The summed E-state index contributed by atoms with van der Waals surface area (Å²) in [5, 5.41) is 10.7. The average Bonchev–Trinajstić information content (AvgIpc) is 3.15. The van der Waals surface area contributed by atoms with Crippen LogP contribution in [0, 0.1) is 17.0 Å². The van der Waals surface area contributed by atoms with Crippen LogP contribution in [0.1, 0.15) is 15.2 Å². The van der Waals surface area contributed by atoms with E-state index in [0.29, 0.717) is 16.9 Å². The first-order valence-corrected chi connectivity index (χ1v) is 10.3. The van der Waals surface area contributed by atoms with Gasteiger partial charge < -0.3 is 4.74 Å². The number of rotatable bonds is 5. The zero-order valence-electron chi connectivity index (χ0n) is 14.9. The monoisotopic (exact) mass is 417 g/mol. The number of nitrogens with zero attached hydrogens (tertiary/aromatic N) is 1. The number of carbonyl (C=O) groups excluding carboxylic acids is 1. The SMILES string of the molecule is COC(=O)c1cc(S(=O)(=O)c2ccc(C)c(-c3ccccc3)c2)c([N+](=O)[O-])s1. The molecular weight excluding hydrogens is 402 g/mol. The fraction of sp³-hybridized carbons (Fsp3) is 0.105. The summed E-state index contributed by atoms with van der Waals surface area (Å²) in [6.45, 7) is 1.85. The Kier molecular flexibility index (Phi) is 5.30. The molecule has 0 aliphatic carbocycles. The lowest BCUT2D eigenvalue weighted by Gasteiger charge is -2.09. The molecule has 0 spiro atoms. The van der Waals surface area contributed by atoms with Gasteiger partial charge in [0.2, 0.25) is 9.84 Å². The lowest BCUT2D eigenvalue weighted by atomic mass is 10.0.